The Kier molecular flexibility index (Phi) is 5.69. The van der Waals surface area contributed by atoms with Crippen molar-refractivity contribution >= 4 is 11.8 Å². The highest BCUT2D eigenvalue weighted by molar-refractivity contribution is 5.67. The number of carbonyl (C=O) groups excluding carboxylic acids is 1. The van der Waals surface area contributed by atoms with Crippen LogP contribution in [0.3, 0.4) is 0 Å². The molecule has 0 aliphatic rings. The van der Waals surface area contributed by atoms with Gasteiger partial charge < -0.3 is 20.5 Å². The lowest BCUT2D eigenvalue weighted by Crippen LogP contribution is -2.36. The second-order valence-electron chi connectivity index (χ2n) is 5.67. The fourth-order valence-electron chi connectivity index (χ4n) is 1.74. The molecule has 22 heavy (non-hydrogen) atoms. The molecule has 3 N–H and O–H groups in total. The lowest BCUT2D eigenvalue weighted by atomic mass is 10.1. The van der Waals surface area contributed by atoms with Crippen LogP contribution >= 0.6 is 0 Å². The summed E-state index contributed by atoms with van der Waals surface area (Å²) in [6.07, 6.45) is -0.580. The summed E-state index contributed by atoms with van der Waals surface area (Å²) in [5.41, 5.74) is 5.86. The average molecular weight is 311 g/mol. The van der Waals surface area contributed by atoms with Crippen molar-refractivity contribution in [2.75, 3.05) is 13.7 Å². The molecule has 0 spiro atoms. The molecule has 0 aliphatic carbocycles. The van der Waals surface area contributed by atoms with Crippen LogP contribution in [-0.4, -0.2) is 30.3 Å². The van der Waals surface area contributed by atoms with Crippen LogP contribution in [0.25, 0.3) is 0 Å². The van der Waals surface area contributed by atoms with E-state index in [1.165, 1.54) is 25.3 Å². The van der Waals surface area contributed by atoms with E-state index in [1.807, 2.05) is 0 Å². The van der Waals surface area contributed by atoms with Gasteiger partial charge in [-0.1, -0.05) is 0 Å². The lowest BCUT2D eigenvalue weighted by Gasteiger charge is -2.21. The molecule has 0 radical (unpaired) electrons. The number of benzene rings is 1. The van der Waals surface area contributed by atoms with Gasteiger partial charge in [0.05, 0.1) is 24.1 Å². The smallest absolute Gasteiger partial charge is 0.407 e. The van der Waals surface area contributed by atoms with Crippen LogP contribution < -0.4 is 15.8 Å². The van der Waals surface area contributed by atoms with Crippen LogP contribution in [0, 0.1) is 10.1 Å². The number of hydrogen-bond acceptors (Lipinski definition) is 6. The van der Waals surface area contributed by atoms with E-state index in [-0.39, 0.29) is 12.2 Å². The Morgan fingerprint density at radius 2 is 2.09 bits per heavy atom. The van der Waals surface area contributed by atoms with Crippen LogP contribution in [0.5, 0.6) is 5.75 Å². The van der Waals surface area contributed by atoms with Gasteiger partial charge in [0.2, 0.25) is 0 Å². The van der Waals surface area contributed by atoms with Crippen LogP contribution in [0.4, 0.5) is 10.5 Å². The molecule has 1 aromatic rings. The topological polar surface area (TPSA) is 117 Å². The molecule has 8 nitrogen and oxygen atoms in total. The molecule has 0 saturated carbocycles. The zero-order chi connectivity index (χ0) is 16.9. The minimum atomic E-state index is -0.598. The number of non-ortho nitro benzene ring substituents is 1. The van der Waals surface area contributed by atoms with Crippen molar-refractivity contribution in [1.82, 2.24) is 5.32 Å². The number of nitro groups is 1. The summed E-state index contributed by atoms with van der Waals surface area (Å²) in [6, 6.07) is 3.56. The first-order chi connectivity index (χ1) is 10.1. The van der Waals surface area contributed by atoms with E-state index in [9.17, 15) is 14.9 Å². The SMILES string of the molecule is COc1cc([N+](=O)[O-])ccc1C(N)CNC(=O)OC(C)(C)C. The molecule has 1 aromatic carbocycles. The van der Waals surface area contributed by atoms with Gasteiger partial charge in [-0.05, 0) is 26.8 Å². The molecule has 8 heteroatoms. The van der Waals surface area contributed by atoms with Crippen molar-refractivity contribution in [2.24, 2.45) is 5.73 Å². The maximum absolute atomic E-state index is 11.6. The van der Waals surface area contributed by atoms with Crippen LogP contribution in [0.2, 0.25) is 0 Å². The summed E-state index contributed by atoms with van der Waals surface area (Å²) in [5.74, 6) is 0.299. The summed E-state index contributed by atoms with van der Waals surface area (Å²) in [7, 11) is 1.40. The van der Waals surface area contributed by atoms with Gasteiger partial charge in [0.1, 0.15) is 11.4 Å². The van der Waals surface area contributed by atoms with Gasteiger partial charge in [0, 0.05) is 18.2 Å². The Labute approximate surface area is 128 Å². The summed E-state index contributed by atoms with van der Waals surface area (Å²) >= 11 is 0. The van der Waals surface area contributed by atoms with Crippen molar-refractivity contribution in [2.45, 2.75) is 32.4 Å². The normalized spacial score (nSPS) is 12.4. The first-order valence-electron chi connectivity index (χ1n) is 6.69. The largest absolute Gasteiger partial charge is 0.496 e. The number of nitrogens with zero attached hydrogens (tertiary/aromatic N) is 1. The number of amides is 1. The Balaban J connectivity index is 2.75. The van der Waals surface area contributed by atoms with Gasteiger partial charge in [-0.15, -0.1) is 0 Å². The number of methoxy groups -OCH3 is 1. The first kappa shape index (κ1) is 17.7. The molecule has 1 atom stereocenters. The fraction of sp³-hybridized carbons (Fsp3) is 0.500. The molecule has 0 heterocycles. The number of rotatable bonds is 5. The molecular formula is C14H21N3O5. The molecular weight excluding hydrogens is 290 g/mol. The van der Waals surface area contributed by atoms with E-state index in [2.05, 4.69) is 5.32 Å². The molecule has 1 amide bonds. The number of nitro benzene ring substituents is 1. The third-order valence-corrected chi connectivity index (χ3v) is 2.69. The predicted octanol–water partition coefficient (Wildman–Crippen LogP) is 2.13. The molecule has 1 unspecified atom stereocenters. The van der Waals surface area contributed by atoms with Crippen LogP contribution in [0.1, 0.15) is 32.4 Å². The monoisotopic (exact) mass is 311 g/mol. The Morgan fingerprint density at radius 3 is 2.59 bits per heavy atom. The van der Waals surface area contributed by atoms with Gasteiger partial charge >= 0.3 is 6.09 Å². The predicted molar refractivity (Wildman–Crippen MR) is 80.8 cm³/mol. The van der Waals surface area contributed by atoms with Gasteiger partial charge in [-0.3, -0.25) is 10.1 Å². The van der Waals surface area contributed by atoms with Crippen molar-refractivity contribution in [3.8, 4) is 5.75 Å². The maximum atomic E-state index is 11.6. The van der Waals surface area contributed by atoms with Crippen LogP contribution in [-0.2, 0) is 4.74 Å². The summed E-state index contributed by atoms with van der Waals surface area (Å²) < 4.78 is 10.2. The zero-order valence-electron chi connectivity index (χ0n) is 13.1. The molecule has 0 saturated heterocycles. The van der Waals surface area contributed by atoms with E-state index in [0.717, 1.165) is 0 Å². The van der Waals surface area contributed by atoms with Crippen molar-refractivity contribution in [3.05, 3.63) is 33.9 Å². The average Bonchev–Trinajstić information content (AvgIpc) is 2.42. The van der Waals surface area contributed by atoms with E-state index in [1.54, 1.807) is 20.8 Å². The van der Waals surface area contributed by atoms with Gasteiger partial charge in [-0.2, -0.15) is 0 Å². The minimum absolute atomic E-state index is 0.0899. The Morgan fingerprint density at radius 1 is 1.45 bits per heavy atom. The number of alkyl carbamates (subject to hydrolysis) is 1. The molecule has 122 valence electrons. The molecule has 0 aromatic heterocycles. The quantitative estimate of drug-likeness (QED) is 0.635. The zero-order valence-corrected chi connectivity index (χ0v) is 13.1. The van der Waals surface area contributed by atoms with Crippen LogP contribution in [0.15, 0.2) is 18.2 Å². The summed E-state index contributed by atoms with van der Waals surface area (Å²) in [4.78, 5) is 21.8. The highest BCUT2D eigenvalue weighted by Crippen LogP contribution is 2.28. The van der Waals surface area contributed by atoms with Crippen molar-refractivity contribution in [3.63, 3.8) is 0 Å². The van der Waals surface area contributed by atoms with E-state index in [4.69, 9.17) is 15.2 Å². The fourth-order valence-corrected chi connectivity index (χ4v) is 1.74. The number of ether oxygens (including phenoxy) is 2. The maximum Gasteiger partial charge on any atom is 0.407 e. The molecule has 0 bridgehead atoms. The number of nitrogens with one attached hydrogen (secondary N) is 1. The van der Waals surface area contributed by atoms with E-state index in [0.29, 0.717) is 11.3 Å². The number of carbonyl (C=O) groups is 1. The van der Waals surface area contributed by atoms with Gasteiger partial charge in [-0.25, -0.2) is 4.79 Å². The highest BCUT2D eigenvalue weighted by Gasteiger charge is 2.19. The van der Waals surface area contributed by atoms with E-state index < -0.39 is 22.7 Å². The number of hydrogen-bond donors (Lipinski definition) is 2. The minimum Gasteiger partial charge on any atom is -0.496 e. The third-order valence-electron chi connectivity index (χ3n) is 2.69. The second-order valence-corrected chi connectivity index (χ2v) is 5.67. The van der Waals surface area contributed by atoms with Crippen molar-refractivity contribution < 1.29 is 19.2 Å². The van der Waals surface area contributed by atoms with Crippen molar-refractivity contribution in [1.29, 1.82) is 0 Å². The van der Waals surface area contributed by atoms with Gasteiger partial charge in [0.15, 0.2) is 0 Å². The Bertz CT molecular complexity index is 554. The summed E-state index contributed by atoms with van der Waals surface area (Å²) in [6.45, 7) is 5.38. The molecule has 0 fully saturated rings. The summed E-state index contributed by atoms with van der Waals surface area (Å²) in [5, 5.41) is 13.3. The second kappa shape index (κ2) is 7.08. The van der Waals surface area contributed by atoms with E-state index >= 15 is 0 Å². The third kappa shape index (κ3) is 5.21. The number of nitrogens with two attached hydrogens (primary N) is 1. The first-order valence-corrected chi connectivity index (χ1v) is 6.69. The van der Waals surface area contributed by atoms with Gasteiger partial charge in [0.25, 0.3) is 5.69 Å². The lowest BCUT2D eigenvalue weighted by molar-refractivity contribution is -0.384. The highest BCUT2D eigenvalue weighted by atomic mass is 16.6. The Hall–Kier alpha value is -2.35. The standard InChI is InChI=1S/C14H21N3O5/c1-14(2,3)22-13(18)16-8-11(15)10-6-5-9(17(19)20)7-12(10)21-4/h5-7,11H,8,15H2,1-4H3,(H,16,18). The molecule has 0 aliphatic heterocycles. The molecule has 1 rings (SSSR count).